The van der Waals surface area contributed by atoms with Crippen molar-refractivity contribution < 1.29 is 0 Å². The first-order chi connectivity index (χ1) is 11.5. The van der Waals surface area contributed by atoms with Crippen molar-refractivity contribution in [3.63, 3.8) is 0 Å². The smallest absolute Gasteiger partial charge is 0.203 e. The van der Waals surface area contributed by atoms with Crippen molar-refractivity contribution in [2.24, 2.45) is 5.10 Å². The molecule has 0 saturated heterocycles. The van der Waals surface area contributed by atoms with Gasteiger partial charge in [0.15, 0.2) is 0 Å². The molecular weight excluding hydrogens is 429 g/mol. The fourth-order valence-electron chi connectivity index (χ4n) is 2.03. The lowest BCUT2D eigenvalue weighted by Crippen LogP contribution is -1.99. The van der Waals surface area contributed by atoms with Gasteiger partial charge < -0.3 is 0 Å². The summed E-state index contributed by atoms with van der Waals surface area (Å²) < 4.78 is 1.04. The summed E-state index contributed by atoms with van der Waals surface area (Å²) in [6.07, 6.45) is 0. The summed E-state index contributed by atoms with van der Waals surface area (Å²) in [7, 11) is 0. The van der Waals surface area contributed by atoms with E-state index in [9.17, 15) is 0 Å². The van der Waals surface area contributed by atoms with Gasteiger partial charge in [0, 0.05) is 20.4 Å². The monoisotopic (exact) mass is 439 g/mol. The van der Waals surface area contributed by atoms with Crippen LogP contribution in [0.1, 0.15) is 12.5 Å². The van der Waals surface area contributed by atoms with Gasteiger partial charge in [-0.1, -0.05) is 51.3 Å². The molecular formula is C17H12BrCl2N3S. The van der Waals surface area contributed by atoms with Gasteiger partial charge >= 0.3 is 0 Å². The summed E-state index contributed by atoms with van der Waals surface area (Å²) >= 11 is 17.0. The summed E-state index contributed by atoms with van der Waals surface area (Å²) in [6.45, 7) is 1.95. The van der Waals surface area contributed by atoms with E-state index in [0.29, 0.717) is 15.2 Å². The number of nitrogens with one attached hydrogen (secondary N) is 1. The number of hydrogen-bond acceptors (Lipinski definition) is 4. The molecule has 0 spiro atoms. The van der Waals surface area contributed by atoms with Crippen molar-refractivity contribution >= 4 is 61.3 Å². The lowest BCUT2D eigenvalue weighted by atomic mass is 10.1. The molecule has 3 rings (SSSR count). The van der Waals surface area contributed by atoms with Crippen molar-refractivity contribution in [3.05, 3.63) is 67.9 Å². The van der Waals surface area contributed by atoms with E-state index in [2.05, 4.69) is 31.4 Å². The topological polar surface area (TPSA) is 37.3 Å². The molecule has 0 aliphatic rings. The van der Waals surface area contributed by atoms with Crippen molar-refractivity contribution in [3.8, 4) is 11.3 Å². The maximum absolute atomic E-state index is 6.22. The SMILES string of the molecule is C/C(=N\Nc1nc(-c2ccc(Cl)cc2Cl)cs1)c1ccc(Br)cc1. The van der Waals surface area contributed by atoms with E-state index in [4.69, 9.17) is 23.2 Å². The Morgan fingerprint density at radius 3 is 2.62 bits per heavy atom. The molecule has 3 nitrogen and oxygen atoms in total. The molecule has 122 valence electrons. The molecule has 0 atom stereocenters. The van der Waals surface area contributed by atoms with Crippen LogP contribution in [0.3, 0.4) is 0 Å². The maximum atomic E-state index is 6.22. The molecule has 3 aromatic rings. The summed E-state index contributed by atoms with van der Waals surface area (Å²) in [5.41, 5.74) is 6.55. The number of anilines is 1. The molecule has 0 bridgehead atoms. The van der Waals surface area contributed by atoms with Crippen molar-refractivity contribution in [1.82, 2.24) is 4.98 Å². The molecule has 0 saturated carbocycles. The van der Waals surface area contributed by atoms with Crippen molar-refractivity contribution in [2.45, 2.75) is 6.92 Å². The van der Waals surface area contributed by atoms with Crippen LogP contribution in [0.2, 0.25) is 10.0 Å². The maximum Gasteiger partial charge on any atom is 0.203 e. The van der Waals surface area contributed by atoms with Gasteiger partial charge in [0.2, 0.25) is 5.13 Å². The van der Waals surface area contributed by atoms with Gasteiger partial charge in [-0.15, -0.1) is 11.3 Å². The van der Waals surface area contributed by atoms with Crippen LogP contribution in [-0.4, -0.2) is 10.7 Å². The predicted octanol–water partition coefficient (Wildman–Crippen LogP) is 6.72. The van der Waals surface area contributed by atoms with Crippen LogP contribution >= 0.6 is 50.5 Å². The molecule has 7 heteroatoms. The Morgan fingerprint density at radius 2 is 1.92 bits per heavy atom. The van der Waals surface area contributed by atoms with Gasteiger partial charge in [0.25, 0.3) is 0 Å². The first-order valence-electron chi connectivity index (χ1n) is 7.00. The summed E-state index contributed by atoms with van der Waals surface area (Å²) in [4.78, 5) is 4.52. The molecule has 24 heavy (non-hydrogen) atoms. The number of thiazole rings is 1. The quantitative estimate of drug-likeness (QED) is 0.361. The molecule has 0 fully saturated rings. The lowest BCUT2D eigenvalue weighted by Gasteiger charge is -2.02. The number of benzene rings is 2. The lowest BCUT2D eigenvalue weighted by molar-refractivity contribution is 1.27. The zero-order chi connectivity index (χ0) is 17.1. The number of aromatic nitrogens is 1. The van der Waals surface area contributed by atoms with Crippen molar-refractivity contribution in [2.75, 3.05) is 5.43 Å². The third-order valence-electron chi connectivity index (χ3n) is 3.29. The molecule has 0 unspecified atom stereocenters. The standard InChI is InChI=1S/C17H12BrCl2N3S/c1-10(11-2-4-12(18)5-3-11)22-23-17-21-16(9-24-17)14-7-6-13(19)8-15(14)20/h2-9H,1H3,(H,21,23)/b22-10+. The van der Waals surface area contributed by atoms with Gasteiger partial charge in [0.1, 0.15) is 0 Å². The van der Waals surface area contributed by atoms with Gasteiger partial charge in [-0.25, -0.2) is 4.98 Å². The molecule has 0 radical (unpaired) electrons. The minimum Gasteiger partial charge on any atom is -0.252 e. The molecule has 1 heterocycles. The Balaban J connectivity index is 1.76. The second-order valence-electron chi connectivity index (χ2n) is 4.98. The Bertz CT molecular complexity index is 891. The molecule has 0 amide bonds. The second kappa shape index (κ2) is 7.66. The van der Waals surface area contributed by atoms with Crippen LogP contribution in [0.25, 0.3) is 11.3 Å². The van der Waals surface area contributed by atoms with Gasteiger partial charge in [-0.2, -0.15) is 5.10 Å². The Hall–Kier alpha value is -1.40. The minimum atomic E-state index is 0.578. The first-order valence-corrected chi connectivity index (χ1v) is 9.43. The third-order valence-corrected chi connectivity index (χ3v) is 5.12. The van der Waals surface area contributed by atoms with Crippen LogP contribution in [-0.2, 0) is 0 Å². The Kier molecular flexibility index (Phi) is 5.56. The van der Waals surface area contributed by atoms with Crippen LogP contribution in [0, 0.1) is 0 Å². The molecule has 1 N–H and O–H groups in total. The van der Waals surface area contributed by atoms with Crippen LogP contribution < -0.4 is 5.43 Å². The largest absolute Gasteiger partial charge is 0.252 e. The van der Waals surface area contributed by atoms with Crippen molar-refractivity contribution in [1.29, 1.82) is 0 Å². The highest BCUT2D eigenvalue weighted by atomic mass is 79.9. The van der Waals surface area contributed by atoms with E-state index in [-0.39, 0.29) is 0 Å². The zero-order valence-electron chi connectivity index (χ0n) is 12.6. The normalized spacial score (nSPS) is 11.6. The summed E-state index contributed by atoms with van der Waals surface area (Å²) in [6, 6.07) is 13.3. The average molecular weight is 441 g/mol. The Labute approximate surface area is 162 Å². The van der Waals surface area contributed by atoms with E-state index in [1.54, 1.807) is 12.1 Å². The highest BCUT2D eigenvalue weighted by Gasteiger charge is 2.08. The van der Waals surface area contributed by atoms with Gasteiger partial charge in [0.05, 0.1) is 16.4 Å². The predicted molar refractivity (Wildman–Crippen MR) is 108 cm³/mol. The van der Waals surface area contributed by atoms with E-state index in [1.807, 2.05) is 42.6 Å². The molecule has 0 aliphatic heterocycles. The van der Waals surface area contributed by atoms with Crippen LogP contribution in [0.15, 0.2) is 57.4 Å². The number of rotatable bonds is 4. The molecule has 2 aromatic carbocycles. The molecule has 1 aromatic heterocycles. The van der Waals surface area contributed by atoms with E-state index in [1.165, 1.54) is 11.3 Å². The number of halogens is 3. The van der Waals surface area contributed by atoms with E-state index < -0.39 is 0 Å². The van der Waals surface area contributed by atoms with Gasteiger partial charge in [-0.3, -0.25) is 5.43 Å². The van der Waals surface area contributed by atoms with Crippen LogP contribution in [0.4, 0.5) is 5.13 Å². The number of hydrazone groups is 1. The fourth-order valence-corrected chi connectivity index (χ4v) is 3.46. The number of nitrogens with zero attached hydrogens (tertiary/aromatic N) is 2. The molecule has 0 aliphatic carbocycles. The fraction of sp³-hybridized carbons (Fsp3) is 0.0588. The number of hydrogen-bond donors (Lipinski definition) is 1. The van der Waals surface area contributed by atoms with E-state index >= 15 is 0 Å². The summed E-state index contributed by atoms with van der Waals surface area (Å²) in [5.74, 6) is 0. The second-order valence-corrected chi connectivity index (χ2v) is 7.60. The Morgan fingerprint density at radius 1 is 1.17 bits per heavy atom. The first kappa shape index (κ1) is 17.4. The highest BCUT2D eigenvalue weighted by molar-refractivity contribution is 9.10. The summed E-state index contributed by atoms with van der Waals surface area (Å²) in [5, 5.41) is 8.20. The zero-order valence-corrected chi connectivity index (χ0v) is 16.5. The van der Waals surface area contributed by atoms with Gasteiger partial charge in [-0.05, 0) is 42.8 Å². The average Bonchev–Trinajstić information content (AvgIpc) is 3.02. The highest BCUT2D eigenvalue weighted by Crippen LogP contribution is 2.32. The van der Waals surface area contributed by atoms with Crippen LogP contribution in [0.5, 0.6) is 0 Å². The van der Waals surface area contributed by atoms with E-state index in [0.717, 1.165) is 27.0 Å². The minimum absolute atomic E-state index is 0.578. The third kappa shape index (κ3) is 4.16.